The summed E-state index contributed by atoms with van der Waals surface area (Å²) >= 11 is 0. The summed E-state index contributed by atoms with van der Waals surface area (Å²) in [6.45, 7) is 7.54. The molecule has 1 heterocycles. The molecule has 0 fully saturated rings. The zero-order valence-electron chi connectivity index (χ0n) is 9.61. The van der Waals surface area contributed by atoms with Gasteiger partial charge in [-0.05, 0) is 30.7 Å². The van der Waals surface area contributed by atoms with Gasteiger partial charge in [0.05, 0.1) is 5.52 Å². The number of aryl methyl sites for hydroxylation is 1. The first-order valence-corrected chi connectivity index (χ1v) is 5.05. The van der Waals surface area contributed by atoms with E-state index in [0.29, 0.717) is 11.1 Å². The third-order valence-corrected chi connectivity index (χ3v) is 2.36. The predicted octanol–water partition coefficient (Wildman–Crippen LogP) is 2.98. The SMILES string of the molecule is C=C.Cc1cc2ccn(CC(=O)O)c2cc1F. The minimum atomic E-state index is -0.937. The lowest BCUT2D eigenvalue weighted by Crippen LogP contribution is -2.07. The van der Waals surface area contributed by atoms with Gasteiger partial charge in [-0.2, -0.15) is 0 Å². The Hall–Kier alpha value is -2.10. The molecule has 2 rings (SSSR count). The van der Waals surface area contributed by atoms with Crippen LogP contribution < -0.4 is 0 Å². The average Bonchev–Trinajstić information content (AvgIpc) is 2.64. The minimum Gasteiger partial charge on any atom is -0.480 e. The Kier molecular flexibility index (Phi) is 4.04. The second-order valence-electron chi connectivity index (χ2n) is 3.50. The van der Waals surface area contributed by atoms with Gasteiger partial charge in [0.2, 0.25) is 0 Å². The molecule has 0 bridgehead atoms. The fourth-order valence-corrected chi connectivity index (χ4v) is 1.61. The van der Waals surface area contributed by atoms with E-state index in [1.54, 1.807) is 25.3 Å². The van der Waals surface area contributed by atoms with Gasteiger partial charge in [0.25, 0.3) is 0 Å². The molecule has 0 aliphatic rings. The summed E-state index contributed by atoms with van der Waals surface area (Å²) in [5.41, 5.74) is 1.18. The maximum Gasteiger partial charge on any atom is 0.323 e. The van der Waals surface area contributed by atoms with E-state index in [9.17, 15) is 9.18 Å². The molecule has 0 spiro atoms. The number of hydrogen-bond donors (Lipinski definition) is 1. The van der Waals surface area contributed by atoms with Crippen molar-refractivity contribution in [2.75, 3.05) is 0 Å². The van der Waals surface area contributed by atoms with E-state index < -0.39 is 5.97 Å². The van der Waals surface area contributed by atoms with Crippen molar-refractivity contribution in [3.05, 3.63) is 48.9 Å². The molecule has 17 heavy (non-hydrogen) atoms. The molecule has 0 aliphatic heterocycles. The Morgan fingerprint density at radius 2 is 2.12 bits per heavy atom. The number of carboxylic acid groups (broad SMARTS) is 1. The molecule has 0 atom stereocenters. The second-order valence-corrected chi connectivity index (χ2v) is 3.50. The number of carboxylic acids is 1. The Morgan fingerprint density at radius 3 is 2.71 bits per heavy atom. The maximum atomic E-state index is 13.3. The van der Waals surface area contributed by atoms with Crippen LogP contribution >= 0.6 is 0 Å². The number of carbonyl (C=O) groups is 1. The lowest BCUT2D eigenvalue weighted by atomic mass is 10.2. The molecule has 1 N–H and O–H groups in total. The molecule has 0 amide bonds. The molecule has 0 saturated heterocycles. The Balaban J connectivity index is 0.000000686. The summed E-state index contributed by atoms with van der Waals surface area (Å²) in [7, 11) is 0. The third-order valence-electron chi connectivity index (χ3n) is 2.36. The van der Waals surface area contributed by atoms with Crippen LogP contribution in [-0.2, 0) is 11.3 Å². The predicted molar refractivity (Wildman–Crippen MR) is 65.5 cm³/mol. The van der Waals surface area contributed by atoms with Crippen LogP contribution in [0.15, 0.2) is 37.6 Å². The molecule has 4 heteroatoms. The van der Waals surface area contributed by atoms with E-state index in [0.717, 1.165) is 5.39 Å². The first-order valence-electron chi connectivity index (χ1n) is 5.05. The molecule has 2 aromatic rings. The van der Waals surface area contributed by atoms with E-state index in [1.807, 2.05) is 0 Å². The highest BCUT2D eigenvalue weighted by molar-refractivity contribution is 5.82. The van der Waals surface area contributed by atoms with E-state index in [2.05, 4.69) is 13.2 Å². The van der Waals surface area contributed by atoms with E-state index in [-0.39, 0.29) is 12.4 Å². The van der Waals surface area contributed by atoms with Crippen LogP contribution in [0.25, 0.3) is 10.9 Å². The van der Waals surface area contributed by atoms with Gasteiger partial charge in [0.15, 0.2) is 0 Å². The monoisotopic (exact) mass is 235 g/mol. The van der Waals surface area contributed by atoms with Gasteiger partial charge in [-0.1, -0.05) is 0 Å². The summed E-state index contributed by atoms with van der Waals surface area (Å²) in [5.74, 6) is -1.25. The number of halogens is 1. The van der Waals surface area contributed by atoms with Crippen LogP contribution in [0.5, 0.6) is 0 Å². The number of rotatable bonds is 2. The largest absolute Gasteiger partial charge is 0.480 e. The quantitative estimate of drug-likeness (QED) is 0.813. The Labute approximate surface area is 98.8 Å². The molecule has 90 valence electrons. The second kappa shape index (κ2) is 5.30. The van der Waals surface area contributed by atoms with Crippen molar-refractivity contribution in [2.45, 2.75) is 13.5 Å². The highest BCUT2D eigenvalue weighted by Gasteiger charge is 2.07. The van der Waals surface area contributed by atoms with Crippen LogP contribution in [0, 0.1) is 12.7 Å². The molecule has 0 unspecified atom stereocenters. The Bertz CT molecular complexity index is 546. The third kappa shape index (κ3) is 2.72. The van der Waals surface area contributed by atoms with E-state index >= 15 is 0 Å². The fourth-order valence-electron chi connectivity index (χ4n) is 1.61. The highest BCUT2D eigenvalue weighted by atomic mass is 19.1. The van der Waals surface area contributed by atoms with Crippen LogP contribution in [-0.4, -0.2) is 15.6 Å². The molecular formula is C13H14FNO2. The minimum absolute atomic E-state index is 0.147. The fraction of sp³-hybridized carbons (Fsp3) is 0.154. The van der Waals surface area contributed by atoms with Gasteiger partial charge in [-0.15, -0.1) is 13.2 Å². The van der Waals surface area contributed by atoms with Crippen molar-refractivity contribution in [1.29, 1.82) is 0 Å². The van der Waals surface area contributed by atoms with Crippen molar-refractivity contribution in [1.82, 2.24) is 4.57 Å². The number of nitrogens with zero attached hydrogens (tertiary/aromatic N) is 1. The molecule has 1 aromatic heterocycles. The van der Waals surface area contributed by atoms with Gasteiger partial charge in [-0.3, -0.25) is 4.79 Å². The number of aromatic nitrogens is 1. The summed E-state index contributed by atoms with van der Waals surface area (Å²) < 4.78 is 14.8. The van der Waals surface area contributed by atoms with E-state index in [4.69, 9.17) is 5.11 Å². The first-order chi connectivity index (χ1) is 8.08. The summed E-state index contributed by atoms with van der Waals surface area (Å²) in [6, 6.07) is 4.86. The van der Waals surface area contributed by atoms with Crippen molar-refractivity contribution in [3.63, 3.8) is 0 Å². The smallest absolute Gasteiger partial charge is 0.323 e. The van der Waals surface area contributed by atoms with Crippen molar-refractivity contribution in [3.8, 4) is 0 Å². The summed E-state index contributed by atoms with van der Waals surface area (Å²) in [5, 5.41) is 9.51. The first kappa shape index (κ1) is 13.0. The number of hydrogen-bond acceptors (Lipinski definition) is 1. The number of fused-ring (bicyclic) bond motifs is 1. The van der Waals surface area contributed by atoms with E-state index in [1.165, 1.54) is 10.6 Å². The summed E-state index contributed by atoms with van der Waals surface area (Å²) in [4.78, 5) is 10.5. The van der Waals surface area contributed by atoms with Crippen LogP contribution in [0.2, 0.25) is 0 Å². The number of benzene rings is 1. The molecule has 0 radical (unpaired) electrons. The van der Waals surface area contributed by atoms with Crippen molar-refractivity contribution < 1.29 is 14.3 Å². The molecule has 3 nitrogen and oxygen atoms in total. The van der Waals surface area contributed by atoms with Crippen LogP contribution in [0.3, 0.4) is 0 Å². The average molecular weight is 235 g/mol. The molecular weight excluding hydrogens is 221 g/mol. The normalized spacial score (nSPS) is 9.76. The summed E-state index contributed by atoms with van der Waals surface area (Å²) in [6.07, 6.45) is 1.65. The van der Waals surface area contributed by atoms with Crippen LogP contribution in [0.1, 0.15) is 5.56 Å². The lowest BCUT2D eigenvalue weighted by molar-refractivity contribution is -0.137. The Morgan fingerprint density at radius 1 is 1.47 bits per heavy atom. The molecule has 0 saturated carbocycles. The van der Waals surface area contributed by atoms with Gasteiger partial charge in [0, 0.05) is 11.6 Å². The molecule has 0 aliphatic carbocycles. The van der Waals surface area contributed by atoms with Crippen LogP contribution in [0.4, 0.5) is 4.39 Å². The van der Waals surface area contributed by atoms with Crippen molar-refractivity contribution >= 4 is 16.9 Å². The molecule has 1 aromatic carbocycles. The van der Waals surface area contributed by atoms with Gasteiger partial charge in [0.1, 0.15) is 12.4 Å². The zero-order chi connectivity index (χ0) is 13.0. The van der Waals surface area contributed by atoms with Gasteiger partial charge in [-0.25, -0.2) is 4.39 Å². The zero-order valence-corrected chi connectivity index (χ0v) is 9.61. The highest BCUT2D eigenvalue weighted by Crippen LogP contribution is 2.19. The standard InChI is InChI=1S/C11H10FNO2.C2H4/c1-7-4-8-2-3-13(6-11(14)15)10(8)5-9(7)12;1-2/h2-5H,6H2,1H3,(H,14,15);1-2H2. The van der Waals surface area contributed by atoms with Crippen molar-refractivity contribution in [2.24, 2.45) is 0 Å². The number of aliphatic carboxylic acids is 1. The maximum absolute atomic E-state index is 13.3. The topological polar surface area (TPSA) is 42.2 Å². The lowest BCUT2D eigenvalue weighted by Gasteiger charge is -2.02. The van der Waals surface area contributed by atoms with Gasteiger partial charge < -0.3 is 9.67 Å². The van der Waals surface area contributed by atoms with Gasteiger partial charge >= 0.3 is 5.97 Å².